The highest BCUT2D eigenvalue weighted by Gasteiger charge is 2.61. The number of hydrogen-bond donors (Lipinski definition) is 1. The molecule has 2 aromatic rings. The SMILES string of the molecule is Cc1nnc(-c2cccc(NC(=O)C3CCN(C(=O)C4CC45CCC5)CC3)c2)s1. The van der Waals surface area contributed by atoms with Crippen molar-refractivity contribution >= 4 is 28.8 Å². The lowest BCUT2D eigenvalue weighted by atomic mass is 9.79. The first kappa shape index (κ1) is 18.7. The molecule has 1 atom stereocenters. The summed E-state index contributed by atoms with van der Waals surface area (Å²) in [5, 5.41) is 13.1. The molecule has 3 fully saturated rings. The van der Waals surface area contributed by atoms with E-state index in [4.69, 9.17) is 0 Å². The third-order valence-corrected chi connectivity index (χ3v) is 7.81. The zero-order valence-electron chi connectivity index (χ0n) is 16.7. The standard InChI is InChI=1S/C22H26N4O2S/c1-14-24-25-20(29-14)16-4-2-5-17(12-16)23-19(27)15-6-10-26(11-7-15)21(28)18-13-22(18)8-3-9-22/h2,4-5,12,15,18H,3,6-11,13H2,1H3,(H,23,27). The highest BCUT2D eigenvalue weighted by Crippen LogP contribution is 2.66. The lowest BCUT2D eigenvalue weighted by Crippen LogP contribution is -2.43. The second-order valence-electron chi connectivity index (χ2n) is 8.77. The quantitative estimate of drug-likeness (QED) is 0.830. The second kappa shape index (κ2) is 7.20. The fourth-order valence-electron chi connectivity index (χ4n) is 4.85. The molecule has 0 bridgehead atoms. The molecule has 29 heavy (non-hydrogen) atoms. The van der Waals surface area contributed by atoms with E-state index < -0.39 is 0 Å². The summed E-state index contributed by atoms with van der Waals surface area (Å²) >= 11 is 1.54. The molecule has 1 aromatic heterocycles. The molecule has 1 aliphatic heterocycles. The van der Waals surface area contributed by atoms with E-state index in [-0.39, 0.29) is 17.7 Å². The van der Waals surface area contributed by atoms with Gasteiger partial charge >= 0.3 is 0 Å². The van der Waals surface area contributed by atoms with Gasteiger partial charge in [0.05, 0.1) is 0 Å². The van der Waals surface area contributed by atoms with Crippen molar-refractivity contribution in [2.75, 3.05) is 18.4 Å². The van der Waals surface area contributed by atoms with Crippen LogP contribution in [-0.4, -0.2) is 40.0 Å². The van der Waals surface area contributed by atoms with Gasteiger partial charge in [-0.25, -0.2) is 0 Å². The minimum Gasteiger partial charge on any atom is -0.342 e. The van der Waals surface area contributed by atoms with Crippen LogP contribution < -0.4 is 5.32 Å². The van der Waals surface area contributed by atoms with E-state index in [9.17, 15) is 9.59 Å². The summed E-state index contributed by atoms with van der Waals surface area (Å²) in [5.41, 5.74) is 2.12. The van der Waals surface area contributed by atoms with Crippen LogP contribution in [0.4, 0.5) is 5.69 Å². The van der Waals surface area contributed by atoms with Crippen molar-refractivity contribution in [2.24, 2.45) is 17.3 Å². The molecule has 3 aliphatic rings. The van der Waals surface area contributed by atoms with Crippen molar-refractivity contribution in [2.45, 2.75) is 45.4 Å². The number of carbonyl (C=O) groups excluding carboxylic acids is 2. The molecule has 152 valence electrons. The Bertz CT molecular complexity index is 944. The molecule has 1 N–H and O–H groups in total. The minimum atomic E-state index is -0.0386. The van der Waals surface area contributed by atoms with Crippen molar-refractivity contribution in [1.82, 2.24) is 15.1 Å². The number of benzene rings is 1. The van der Waals surface area contributed by atoms with Gasteiger partial charge in [0.2, 0.25) is 11.8 Å². The van der Waals surface area contributed by atoms with Gasteiger partial charge in [0.15, 0.2) is 0 Å². The smallest absolute Gasteiger partial charge is 0.227 e. The number of likely N-dealkylation sites (tertiary alicyclic amines) is 1. The number of carbonyl (C=O) groups is 2. The molecule has 1 aromatic carbocycles. The number of aromatic nitrogens is 2. The molecular weight excluding hydrogens is 384 g/mol. The zero-order valence-corrected chi connectivity index (χ0v) is 17.5. The number of amides is 2. The van der Waals surface area contributed by atoms with E-state index in [0.29, 0.717) is 24.4 Å². The fraction of sp³-hybridized carbons (Fsp3) is 0.545. The maximum Gasteiger partial charge on any atom is 0.227 e. The summed E-state index contributed by atoms with van der Waals surface area (Å²) in [6.07, 6.45) is 6.33. The number of nitrogens with zero attached hydrogens (tertiary/aromatic N) is 3. The maximum absolute atomic E-state index is 12.8. The molecule has 6 nitrogen and oxygen atoms in total. The third-order valence-electron chi connectivity index (χ3n) is 6.92. The highest BCUT2D eigenvalue weighted by atomic mass is 32.1. The number of nitrogens with one attached hydrogen (secondary N) is 1. The summed E-state index contributed by atoms with van der Waals surface area (Å²) in [7, 11) is 0. The van der Waals surface area contributed by atoms with Gasteiger partial charge in [-0.05, 0) is 56.6 Å². The molecule has 1 spiro atoms. The van der Waals surface area contributed by atoms with E-state index in [0.717, 1.165) is 40.5 Å². The van der Waals surface area contributed by atoms with Crippen LogP contribution in [0.25, 0.3) is 10.6 Å². The molecule has 1 saturated heterocycles. The van der Waals surface area contributed by atoms with Crippen molar-refractivity contribution in [1.29, 1.82) is 0 Å². The van der Waals surface area contributed by atoms with Crippen LogP contribution in [0, 0.1) is 24.2 Å². The van der Waals surface area contributed by atoms with E-state index in [1.54, 1.807) is 0 Å². The Morgan fingerprint density at radius 3 is 2.62 bits per heavy atom. The van der Waals surface area contributed by atoms with Gasteiger partial charge in [-0.1, -0.05) is 29.9 Å². The summed E-state index contributed by atoms with van der Waals surface area (Å²) < 4.78 is 0. The number of anilines is 1. The van der Waals surface area contributed by atoms with Crippen molar-refractivity contribution in [3.63, 3.8) is 0 Å². The van der Waals surface area contributed by atoms with Crippen LogP contribution in [0.2, 0.25) is 0 Å². The zero-order chi connectivity index (χ0) is 20.0. The Morgan fingerprint density at radius 1 is 1.21 bits per heavy atom. The number of hydrogen-bond acceptors (Lipinski definition) is 5. The van der Waals surface area contributed by atoms with Gasteiger partial charge in [0.1, 0.15) is 10.0 Å². The Labute approximate surface area is 174 Å². The molecule has 0 radical (unpaired) electrons. The van der Waals surface area contributed by atoms with Gasteiger partial charge in [0.25, 0.3) is 0 Å². The van der Waals surface area contributed by atoms with E-state index in [1.807, 2.05) is 36.1 Å². The Morgan fingerprint density at radius 2 is 2.00 bits per heavy atom. The van der Waals surface area contributed by atoms with Crippen LogP contribution >= 0.6 is 11.3 Å². The first-order chi connectivity index (χ1) is 14.0. The van der Waals surface area contributed by atoms with Crippen LogP contribution in [0.5, 0.6) is 0 Å². The molecule has 5 rings (SSSR count). The maximum atomic E-state index is 12.8. The van der Waals surface area contributed by atoms with E-state index >= 15 is 0 Å². The predicted molar refractivity (Wildman–Crippen MR) is 112 cm³/mol. The Balaban J connectivity index is 1.16. The van der Waals surface area contributed by atoms with Gasteiger partial charge in [-0.15, -0.1) is 10.2 Å². The van der Waals surface area contributed by atoms with Crippen molar-refractivity contribution < 1.29 is 9.59 Å². The van der Waals surface area contributed by atoms with Crippen LogP contribution in [-0.2, 0) is 9.59 Å². The summed E-state index contributed by atoms with van der Waals surface area (Å²) in [6, 6.07) is 7.75. The predicted octanol–water partition coefficient (Wildman–Crippen LogP) is 3.88. The Hall–Kier alpha value is -2.28. The second-order valence-corrected chi connectivity index (χ2v) is 9.95. The normalized spacial score (nSPS) is 22.9. The number of aryl methyl sites for hydroxylation is 1. The van der Waals surface area contributed by atoms with E-state index in [1.165, 1.54) is 30.6 Å². The Kier molecular flexibility index (Phi) is 4.65. The summed E-state index contributed by atoms with van der Waals surface area (Å²) in [4.78, 5) is 27.5. The molecule has 1 unspecified atom stereocenters. The third kappa shape index (κ3) is 3.56. The average Bonchev–Trinajstić information content (AvgIpc) is 3.35. The summed E-state index contributed by atoms with van der Waals surface area (Å²) in [6.45, 7) is 3.33. The van der Waals surface area contributed by atoms with E-state index in [2.05, 4.69) is 15.5 Å². The molecule has 2 saturated carbocycles. The van der Waals surface area contributed by atoms with Crippen molar-refractivity contribution in [3.05, 3.63) is 29.3 Å². The molecule has 7 heteroatoms. The lowest BCUT2D eigenvalue weighted by Gasteiger charge is -2.33. The number of rotatable bonds is 4. The van der Waals surface area contributed by atoms with Gasteiger partial charge < -0.3 is 10.2 Å². The van der Waals surface area contributed by atoms with Crippen LogP contribution in [0.15, 0.2) is 24.3 Å². The monoisotopic (exact) mass is 410 g/mol. The number of piperidine rings is 1. The van der Waals surface area contributed by atoms with Gasteiger partial charge in [-0.2, -0.15) is 0 Å². The first-order valence-corrected chi connectivity index (χ1v) is 11.4. The minimum absolute atomic E-state index is 0.0386. The van der Waals surface area contributed by atoms with Crippen LogP contribution in [0.3, 0.4) is 0 Å². The van der Waals surface area contributed by atoms with Gasteiger partial charge in [-0.3, -0.25) is 9.59 Å². The molecule has 2 amide bonds. The first-order valence-electron chi connectivity index (χ1n) is 10.5. The summed E-state index contributed by atoms with van der Waals surface area (Å²) in [5.74, 6) is 0.616. The largest absolute Gasteiger partial charge is 0.342 e. The average molecular weight is 411 g/mol. The lowest BCUT2D eigenvalue weighted by molar-refractivity contribution is -0.137. The highest BCUT2D eigenvalue weighted by molar-refractivity contribution is 7.14. The van der Waals surface area contributed by atoms with Crippen molar-refractivity contribution in [3.8, 4) is 10.6 Å². The molecule has 2 heterocycles. The van der Waals surface area contributed by atoms with Gasteiger partial charge in [0, 0.05) is 36.2 Å². The fourth-order valence-corrected chi connectivity index (χ4v) is 5.54. The van der Waals surface area contributed by atoms with Crippen LogP contribution in [0.1, 0.15) is 43.5 Å². The molecule has 2 aliphatic carbocycles. The molecular formula is C22H26N4O2S. The topological polar surface area (TPSA) is 75.2 Å².